The highest BCUT2D eigenvalue weighted by Gasteiger charge is 2.34. The van der Waals surface area contributed by atoms with Crippen molar-refractivity contribution in [3.8, 4) is 5.75 Å². The molecule has 7 heteroatoms. The smallest absolute Gasteiger partial charge is 0.184 e. The molecule has 0 radical (unpaired) electrons. The first-order valence-corrected chi connectivity index (χ1v) is 6.56. The van der Waals surface area contributed by atoms with Gasteiger partial charge in [-0.2, -0.15) is 5.10 Å². The normalized spacial score (nSPS) is 23.1. The standard InChI is InChI=1S/C13H15F2N3OS/c1-3-13(2)6-10(17-18-12(16)20)7-4-8(14)9(15)5-11(7)19-13/h4-5H,3,6H2,1-2H3,(H3,16,18,20)/b17-10+. The van der Waals surface area contributed by atoms with Gasteiger partial charge in [0.15, 0.2) is 16.7 Å². The second kappa shape index (κ2) is 5.32. The van der Waals surface area contributed by atoms with Gasteiger partial charge in [0, 0.05) is 18.1 Å². The number of halogens is 2. The van der Waals surface area contributed by atoms with Crippen molar-refractivity contribution < 1.29 is 13.5 Å². The van der Waals surface area contributed by atoms with E-state index >= 15 is 0 Å². The second-order valence-electron chi connectivity index (χ2n) is 4.88. The lowest BCUT2D eigenvalue weighted by molar-refractivity contribution is 0.0854. The van der Waals surface area contributed by atoms with Gasteiger partial charge in [0.2, 0.25) is 0 Å². The molecule has 0 bridgehead atoms. The molecule has 3 N–H and O–H groups in total. The van der Waals surface area contributed by atoms with Crippen molar-refractivity contribution in [1.82, 2.24) is 5.43 Å². The minimum Gasteiger partial charge on any atom is -0.486 e. The third kappa shape index (κ3) is 2.87. The van der Waals surface area contributed by atoms with E-state index in [0.717, 1.165) is 12.1 Å². The maximum atomic E-state index is 13.4. The molecular weight excluding hydrogens is 284 g/mol. The fourth-order valence-electron chi connectivity index (χ4n) is 2.01. The zero-order valence-electron chi connectivity index (χ0n) is 11.2. The van der Waals surface area contributed by atoms with E-state index in [1.54, 1.807) is 0 Å². The van der Waals surface area contributed by atoms with Crippen LogP contribution in [0.3, 0.4) is 0 Å². The predicted octanol–water partition coefficient (Wildman–Crippen LogP) is 2.45. The third-order valence-corrected chi connectivity index (χ3v) is 3.37. The molecule has 1 heterocycles. The Kier molecular flexibility index (Phi) is 3.89. The molecule has 1 aromatic rings. The first-order valence-electron chi connectivity index (χ1n) is 6.15. The Hall–Kier alpha value is -1.76. The third-order valence-electron chi connectivity index (χ3n) is 3.28. The van der Waals surface area contributed by atoms with E-state index in [1.165, 1.54) is 0 Å². The molecule has 1 aromatic carbocycles. The Balaban J connectivity index is 2.50. The summed E-state index contributed by atoms with van der Waals surface area (Å²) in [5.41, 5.74) is 8.21. The number of hydrogen-bond donors (Lipinski definition) is 2. The van der Waals surface area contributed by atoms with E-state index < -0.39 is 17.2 Å². The highest BCUT2D eigenvalue weighted by atomic mass is 32.1. The molecule has 0 amide bonds. The molecule has 0 aromatic heterocycles. The van der Waals surface area contributed by atoms with E-state index in [0.29, 0.717) is 24.1 Å². The van der Waals surface area contributed by atoms with Crippen molar-refractivity contribution in [2.75, 3.05) is 0 Å². The Morgan fingerprint density at radius 2 is 2.15 bits per heavy atom. The van der Waals surface area contributed by atoms with Crippen LogP contribution in [0.15, 0.2) is 17.2 Å². The van der Waals surface area contributed by atoms with Crippen LogP contribution in [0.5, 0.6) is 5.75 Å². The molecule has 4 nitrogen and oxygen atoms in total. The number of fused-ring (bicyclic) bond motifs is 1. The molecule has 0 spiro atoms. The van der Waals surface area contributed by atoms with Crippen molar-refractivity contribution in [1.29, 1.82) is 0 Å². The SMILES string of the molecule is CCC1(C)C/C(=N\NC(N)=S)c2cc(F)c(F)cc2O1. The van der Waals surface area contributed by atoms with E-state index in [2.05, 4.69) is 22.7 Å². The van der Waals surface area contributed by atoms with E-state index in [1.807, 2.05) is 13.8 Å². The molecule has 1 unspecified atom stereocenters. The molecule has 0 aliphatic carbocycles. The van der Waals surface area contributed by atoms with Gasteiger partial charge < -0.3 is 10.5 Å². The van der Waals surface area contributed by atoms with Gasteiger partial charge in [-0.15, -0.1) is 0 Å². The van der Waals surface area contributed by atoms with Crippen LogP contribution < -0.4 is 15.9 Å². The molecule has 0 saturated carbocycles. The Morgan fingerprint density at radius 3 is 2.75 bits per heavy atom. The van der Waals surface area contributed by atoms with E-state index in [9.17, 15) is 8.78 Å². The van der Waals surface area contributed by atoms with Crippen LogP contribution in [-0.2, 0) is 0 Å². The highest BCUT2D eigenvalue weighted by Crippen LogP contribution is 2.36. The Morgan fingerprint density at radius 1 is 1.50 bits per heavy atom. The topological polar surface area (TPSA) is 59.6 Å². The van der Waals surface area contributed by atoms with Crippen LogP contribution in [0.1, 0.15) is 32.3 Å². The van der Waals surface area contributed by atoms with Crippen LogP contribution in [0.25, 0.3) is 0 Å². The molecule has 0 saturated heterocycles. The summed E-state index contributed by atoms with van der Waals surface area (Å²) in [6, 6.07) is 2.11. The van der Waals surface area contributed by atoms with Crippen molar-refractivity contribution in [3.05, 3.63) is 29.3 Å². The van der Waals surface area contributed by atoms with Crippen LogP contribution in [-0.4, -0.2) is 16.4 Å². The molecule has 108 valence electrons. The lowest BCUT2D eigenvalue weighted by Crippen LogP contribution is -2.40. The number of thiocarbonyl (C=S) groups is 1. The highest BCUT2D eigenvalue weighted by molar-refractivity contribution is 7.80. The summed E-state index contributed by atoms with van der Waals surface area (Å²) in [7, 11) is 0. The van der Waals surface area contributed by atoms with Crippen molar-refractivity contribution in [3.63, 3.8) is 0 Å². The van der Waals surface area contributed by atoms with Gasteiger partial charge in [0.05, 0.1) is 5.71 Å². The van der Waals surface area contributed by atoms with Gasteiger partial charge in [-0.3, -0.25) is 5.43 Å². The first-order chi connectivity index (χ1) is 9.34. The monoisotopic (exact) mass is 299 g/mol. The van der Waals surface area contributed by atoms with Crippen molar-refractivity contribution >= 4 is 23.0 Å². The number of rotatable bonds is 2. The molecule has 1 atom stereocenters. The Labute approximate surface area is 121 Å². The van der Waals surface area contributed by atoms with Gasteiger partial charge >= 0.3 is 0 Å². The van der Waals surface area contributed by atoms with E-state index in [4.69, 9.17) is 10.5 Å². The average Bonchev–Trinajstić information content (AvgIpc) is 2.38. The number of hydrogen-bond acceptors (Lipinski definition) is 3. The maximum absolute atomic E-state index is 13.4. The molecular formula is C13H15F2N3OS. The van der Waals surface area contributed by atoms with Gasteiger partial charge in [-0.25, -0.2) is 8.78 Å². The quantitative estimate of drug-likeness (QED) is 0.650. The maximum Gasteiger partial charge on any atom is 0.184 e. The molecule has 1 aliphatic rings. The summed E-state index contributed by atoms with van der Waals surface area (Å²) in [6.07, 6.45) is 1.13. The molecule has 0 fully saturated rings. The summed E-state index contributed by atoms with van der Waals surface area (Å²) in [5.74, 6) is -1.63. The lowest BCUT2D eigenvalue weighted by Gasteiger charge is -2.35. The zero-order valence-corrected chi connectivity index (χ0v) is 12.0. The number of nitrogens with zero attached hydrogens (tertiary/aromatic N) is 1. The summed E-state index contributed by atoms with van der Waals surface area (Å²) in [5, 5.41) is 4.08. The lowest BCUT2D eigenvalue weighted by atomic mass is 9.89. The van der Waals surface area contributed by atoms with Gasteiger partial charge in [-0.1, -0.05) is 6.92 Å². The number of ether oxygens (including phenoxy) is 1. The van der Waals surface area contributed by atoms with Gasteiger partial charge in [0.1, 0.15) is 11.4 Å². The van der Waals surface area contributed by atoms with Crippen LogP contribution in [0.4, 0.5) is 8.78 Å². The van der Waals surface area contributed by atoms with Crippen LogP contribution >= 0.6 is 12.2 Å². The first kappa shape index (κ1) is 14.6. The van der Waals surface area contributed by atoms with Gasteiger partial charge in [-0.05, 0) is 31.6 Å². The summed E-state index contributed by atoms with van der Waals surface area (Å²) in [6.45, 7) is 3.83. The molecule has 20 heavy (non-hydrogen) atoms. The number of hydrazone groups is 1. The number of nitrogens with one attached hydrogen (secondary N) is 1. The van der Waals surface area contributed by atoms with Crippen LogP contribution in [0, 0.1) is 11.6 Å². The zero-order chi connectivity index (χ0) is 14.9. The average molecular weight is 299 g/mol. The second-order valence-corrected chi connectivity index (χ2v) is 5.32. The van der Waals surface area contributed by atoms with Crippen molar-refractivity contribution in [2.24, 2.45) is 10.8 Å². The predicted molar refractivity (Wildman–Crippen MR) is 76.8 cm³/mol. The fourth-order valence-corrected chi connectivity index (χ4v) is 2.05. The summed E-state index contributed by atoms with van der Waals surface area (Å²) >= 11 is 4.69. The molecule has 2 rings (SSSR count). The number of benzene rings is 1. The van der Waals surface area contributed by atoms with Crippen LogP contribution in [0.2, 0.25) is 0 Å². The largest absolute Gasteiger partial charge is 0.486 e. The van der Waals surface area contributed by atoms with E-state index in [-0.39, 0.29) is 10.9 Å². The molecule has 1 aliphatic heterocycles. The van der Waals surface area contributed by atoms with Crippen molar-refractivity contribution in [2.45, 2.75) is 32.3 Å². The number of nitrogens with two attached hydrogens (primary N) is 1. The summed E-state index contributed by atoms with van der Waals surface area (Å²) < 4.78 is 32.5. The fraction of sp³-hybridized carbons (Fsp3) is 0.385. The summed E-state index contributed by atoms with van der Waals surface area (Å²) in [4.78, 5) is 0. The van der Waals surface area contributed by atoms with Gasteiger partial charge in [0.25, 0.3) is 0 Å². The minimum absolute atomic E-state index is 0.00586. The minimum atomic E-state index is -0.953. The Bertz CT molecular complexity index is 591.